The summed E-state index contributed by atoms with van der Waals surface area (Å²) in [6.45, 7) is 6.07. The number of hydrogen-bond acceptors (Lipinski definition) is 2. The van der Waals surface area contributed by atoms with E-state index in [1.54, 1.807) is 6.20 Å². The third-order valence-electron chi connectivity index (χ3n) is 1.28. The largest absolute Gasteiger partial charge is 0.355 e. The van der Waals surface area contributed by atoms with Crippen molar-refractivity contribution in [2.75, 3.05) is 13.1 Å². The Morgan fingerprint density at radius 3 is 2.14 bits per heavy atom. The average molecular weight is 199 g/mol. The van der Waals surface area contributed by atoms with Crippen LogP contribution in [0.1, 0.15) is 20.8 Å². The molecule has 14 heavy (non-hydrogen) atoms. The van der Waals surface area contributed by atoms with Gasteiger partial charge in [0.15, 0.2) is 0 Å². The van der Waals surface area contributed by atoms with Crippen LogP contribution in [0.2, 0.25) is 0 Å². The molecule has 0 saturated heterocycles. The molecule has 0 radical (unpaired) electrons. The summed E-state index contributed by atoms with van der Waals surface area (Å²) in [5, 5.41) is 7.70. The molecule has 0 aromatic heterocycles. The van der Waals surface area contributed by atoms with E-state index in [-0.39, 0.29) is 11.9 Å². The lowest BCUT2D eigenvalue weighted by molar-refractivity contribution is -0.118. The zero-order chi connectivity index (χ0) is 11.0. The smallest absolute Gasteiger partial charge is 0.318 e. The third kappa shape index (κ3) is 8.58. The Hall–Kier alpha value is -1.52. The van der Waals surface area contributed by atoms with Gasteiger partial charge in [-0.25, -0.2) is 4.79 Å². The molecular formula is C9H17N3O2. The highest BCUT2D eigenvalue weighted by atomic mass is 16.2. The standard InChI is InChI=1S/C9H17N3O2/c1-7(2)6-12-9(14)11-5-4-10-8(3)13/h6H,4-5H2,1-3H3,(H,10,13)(H2,11,12,14). The molecule has 5 nitrogen and oxygen atoms in total. The summed E-state index contributed by atoms with van der Waals surface area (Å²) < 4.78 is 0. The summed E-state index contributed by atoms with van der Waals surface area (Å²) >= 11 is 0. The highest BCUT2D eigenvalue weighted by Gasteiger charge is 1.95. The molecule has 0 bridgehead atoms. The summed E-state index contributed by atoms with van der Waals surface area (Å²) in [6.07, 6.45) is 1.62. The van der Waals surface area contributed by atoms with Crippen LogP contribution in [-0.2, 0) is 4.79 Å². The minimum atomic E-state index is -0.267. The van der Waals surface area contributed by atoms with Crippen molar-refractivity contribution in [1.82, 2.24) is 16.0 Å². The molecule has 0 aliphatic heterocycles. The van der Waals surface area contributed by atoms with Gasteiger partial charge in [0.05, 0.1) is 0 Å². The Kier molecular flexibility index (Phi) is 6.19. The first-order valence-corrected chi connectivity index (χ1v) is 4.44. The van der Waals surface area contributed by atoms with E-state index in [4.69, 9.17) is 0 Å². The van der Waals surface area contributed by atoms with Crippen LogP contribution in [0, 0.1) is 0 Å². The highest BCUT2D eigenvalue weighted by Crippen LogP contribution is 1.82. The first-order valence-electron chi connectivity index (χ1n) is 4.44. The Morgan fingerprint density at radius 1 is 1.07 bits per heavy atom. The van der Waals surface area contributed by atoms with E-state index in [2.05, 4.69) is 16.0 Å². The molecule has 0 aromatic rings. The van der Waals surface area contributed by atoms with Gasteiger partial charge in [-0.05, 0) is 13.8 Å². The van der Waals surface area contributed by atoms with Crippen LogP contribution in [0.25, 0.3) is 0 Å². The lowest BCUT2D eigenvalue weighted by atomic mass is 10.4. The summed E-state index contributed by atoms with van der Waals surface area (Å²) in [6, 6.07) is -0.267. The number of allylic oxidation sites excluding steroid dienone is 1. The van der Waals surface area contributed by atoms with Crippen molar-refractivity contribution in [1.29, 1.82) is 0 Å². The van der Waals surface area contributed by atoms with Gasteiger partial charge in [-0.1, -0.05) is 5.57 Å². The van der Waals surface area contributed by atoms with E-state index in [1.165, 1.54) is 6.92 Å². The van der Waals surface area contributed by atoms with Crippen molar-refractivity contribution in [2.24, 2.45) is 0 Å². The predicted octanol–water partition coefficient (Wildman–Crippen LogP) is 0.345. The van der Waals surface area contributed by atoms with Crippen molar-refractivity contribution < 1.29 is 9.59 Å². The average Bonchev–Trinajstić information content (AvgIpc) is 2.08. The fourth-order valence-electron chi connectivity index (χ4n) is 0.675. The second kappa shape index (κ2) is 6.94. The molecule has 5 heteroatoms. The van der Waals surface area contributed by atoms with Gasteiger partial charge >= 0.3 is 6.03 Å². The van der Waals surface area contributed by atoms with E-state index in [1.807, 2.05) is 13.8 Å². The summed E-state index contributed by atoms with van der Waals surface area (Å²) in [5.41, 5.74) is 1.02. The molecule has 0 unspecified atom stereocenters. The molecule has 3 amide bonds. The van der Waals surface area contributed by atoms with E-state index < -0.39 is 0 Å². The summed E-state index contributed by atoms with van der Waals surface area (Å²) in [7, 11) is 0. The van der Waals surface area contributed by atoms with Crippen LogP contribution >= 0.6 is 0 Å². The predicted molar refractivity (Wildman–Crippen MR) is 54.6 cm³/mol. The number of nitrogens with one attached hydrogen (secondary N) is 3. The molecule has 0 rings (SSSR count). The lowest BCUT2D eigenvalue weighted by Crippen LogP contribution is -2.38. The van der Waals surface area contributed by atoms with E-state index in [9.17, 15) is 9.59 Å². The number of rotatable bonds is 4. The van der Waals surface area contributed by atoms with Gasteiger partial charge in [-0.3, -0.25) is 4.79 Å². The minimum absolute atomic E-state index is 0.100. The monoisotopic (exact) mass is 199 g/mol. The molecular weight excluding hydrogens is 182 g/mol. The third-order valence-corrected chi connectivity index (χ3v) is 1.28. The number of carbonyl (C=O) groups is 2. The van der Waals surface area contributed by atoms with Crippen molar-refractivity contribution in [2.45, 2.75) is 20.8 Å². The zero-order valence-electron chi connectivity index (χ0n) is 8.81. The second-order valence-corrected chi connectivity index (χ2v) is 3.10. The summed E-state index contributed by atoms with van der Waals surface area (Å²) in [5.74, 6) is -0.100. The SMILES string of the molecule is CC(=O)NCCNC(=O)NC=C(C)C. The normalized spacial score (nSPS) is 8.79. The zero-order valence-corrected chi connectivity index (χ0v) is 8.81. The van der Waals surface area contributed by atoms with Crippen LogP contribution in [0.15, 0.2) is 11.8 Å². The molecule has 0 atom stereocenters. The summed E-state index contributed by atoms with van der Waals surface area (Å²) in [4.78, 5) is 21.5. The number of carbonyl (C=O) groups excluding carboxylic acids is 2. The molecule has 0 saturated carbocycles. The Labute approximate surface area is 83.9 Å². The van der Waals surface area contributed by atoms with Gasteiger partial charge in [0.2, 0.25) is 5.91 Å². The van der Waals surface area contributed by atoms with Gasteiger partial charge in [-0.15, -0.1) is 0 Å². The minimum Gasteiger partial charge on any atom is -0.355 e. The number of amides is 3. The maximum absolute atomic E-state index is 11.0. The number of hydrogen-bond donors (Lipinski definition) is 3. The van der Waals surface area contributed by atoms with Crippen LogP contribution in [-0.4, -0.2) is 25.0 Å². The van der Waals surface area contributed by atoms with Crippen LogP contribution in [0.3, 0.4) is 0 Å². The maximum atomic E-state index is 11.0. The van der Waals surface area contributed by atoms with Crippen molar-refractivity contribution in [3.8, 4) is 0 Å². The molecule has 0 aromatic carbocycles. The van der Waals surface area contributed by atoms with E-state index >= 15 is 0 Å². The fourth-order valence-corrected chi connectivity index (χ4v) is 0.675. The Balaban J connectivity index is 3.45. The molecule has 0 fully saturated rings. The van der Waals surface area contributed by atoms with Gasteiger partial charge in [0.1, 0.15) is 0 Å². The Bertz CT molecular complexity index is 232. The van der Waals surface area contributed by atoms with Crippen LogP contribution in [0.5, 0.6) is 0 Å². The van der Waals surface area contributed by atoms with Gasteiger partial charge in [0.25, 0.3) is 0 Å². The first-order chi connectivity index (χ1) is 6.52. The molecule has 0 spiro atoms. The van der Waals surface area contributed by atoms with Crippen LogP contribution < -0.4 is 16.0 Å². The fraction of sp³-hybridized carbons (Fsp3) is 0.556. The quantitative estimate of drug-likeness (QED) is 0.572. The van der Waals surface area contributed by atoms with Crippen molar-refractivity contribution in [3.63, 3.8) is 0 Å². The van der Waals surface area contributed by atoms with Gasteiger partial charge in [0, 0.05) is 26.2 Å². The molecule has 0 aliphatic rings. The van der Waals surface area contributed by atoms with Gasteiger partial charge < -0.3 is 16.0 Å². The van der Waals surface area contributed by atoms with Crippen molar-refractivity contribution in [3.05, 3.63) is 11.8 Å². The molecule has 0 aliphatic carbocycles. The topological polar surface area (TPSA) is 70.2 Å². The molecule has 0 heterocycles. The second-order valence-electron chi connectivity index (χ2n) is 3.10. The molecule has 3 N–H and O–H groups in total. The van der Waals surface area contributed by atoms with Crippen LogP contribution in [0.4, 0.5) is 4.79 Å². The highest BCUT2D eigenvalue weighted by molar-refractivity contribution is 5.75. The lowest BCUT2D eigenvalue weighted by Gasteiger charge is -2.05. The first kappa shape index (κ1) is 12.5. The van der Waals surface area contributed by atoms with Crippen molar-refractivity contribution >= 4 is 11.9 Å². The number of urea groups is 1. The van der Waals surface area contributed by atoms with E-state index in [0.717, 1.165) is 5.57 Å². The Morgan fingerprint density at radius 2 is 1.64 bits per heavy atom. The van der Waals surface area contributed by atoms with Gasteiger partial charge in [-0.2, -0.15) is 0 Å². The molecule has 80 valence electrons. The van der Waals surface area contributed by atoms with E-state index in [0.29, 0.717) is 13.1 Å². The maximum Gasteiger partial charge on any atom is 0.318 e.